The van der Waals surface area contributed by atoms with Crippen molar-refractivity contribution in [2.45, 2.75) is 11.4 Å². The molecular weight excluding hydrogens is 322 g/mol. The molecule has 1 aromatic carbocycles. The average Bonchev–Trinajstić information content (AvgIpc) is 2.97. The lowest BCUT2D eigenvalue weighted by molar-refractivity contribution is -0.118. The van der Waals surface area contributed by atoms with Gasteiger partial charge in [0.1, 0.15) is 0 Å². The molecule has 23 heavy (non-hydrogen) atoms. The van der Waals surface area contributed by atoms with Crippen molar-refractivity contribution >= 4 is 23.3 Å². The summed E-state index contributed by atoms with van der Waals surface area (Å²) >= 11 is 1.13. The van der Waals surface area contributed by atoms with Crippen LogP contribution in [-0.2, 0) is 11.3 Å². The van der Waals surface area contributed by atoms with E-state index in [1.807, 2.05) is 24.4 Å². The lowest BCUT2D eigenvalue weighted by atomic mass is 10.3. The predicted molar refractivity (Wildman–Crippen MR) is 81.9 cm³/mol. The first-order chi connectivity index (χ1) is 11.1. The van der Waals surface area contributed by atoms with Gasteiger partial charge in [-0.3, -0.25) is 9.20 Å². The van der Waals surface area contributed by atoms with Crippen LogP contribution in [0.2, 0.25) is 0 Å². The second kappa shape index (κ2) is 6.74. The first-order valence-electron chi connectivity index (χ1n) is 6.76. The van der Waals surface area contributed by atoms with Crippen molar-refractivity contribution in [1.29, 1.82) is 0 Å². The van der Waals surface area contributed by atoms with Gasteiger partial charge in [-0.05, 0) is 30.3 Å². The normalized spacial score (nSPS) is 10.9. The lowest BCUT2D eigenvalue weighted by Crippen LogP contribution is -2.25. The fraction of sp³-hybridized carbons (Fsp3) is 0.133. The van der Waals surface area contributed by atoms with E-state index in [0.29, 0.717) is 16.4 Å². The second-order valence-electron chi connectivity index (χ2n) is 4.69. The summed E-state index contributed by atoms with van der Waals surface area (Å²) in [5, 5.41) is 10.7. The number of amides is 1. The highest BCUT2D eigenvalue weighted by Crippen LogP contribution is 2.20. The molecule has 0 spiro atoms. The highest BCUT2D eigenvalue weighted by Gasteiger charge is 2.08. The zero-order valence-electron chi connectivity index (χ0n) is 11.9. The van der Waals surface area contributed by atoms with Gasteiger partial charge in [-0.25, -0.2) is 8.78 Å². The van der Waals surface area contributed by atoms with E-state index in [4.69, 9.17) is 0 Å². The van der Waals surface area contributed by atoms with Gasteiger partial charge in [-0.15, -0.1) is 22.0 Å². The van der Waals surface area contributed by atoms with Crippen LogP contribution >= 0.6 is 11.8 Å². The van der Waals surface area contributed by atoms with Gasteiger partial charge in [0, 0.05) is 11.1 Å². The van der Waals surface area contributed by atoms with E-state index < -0.39 is 11.6 Å². The first-order valence-corrected chi connectivity index (χ1v) is 7.75. The Balaban J connectivity index is 1.54. The minimum Gasteiger partial charge on any atom is -0.348 e. The summed E-state index contributed by atoms with van der Waals surface area (Å²) in [5.74, 6) is -1.34. The number of fused-ring (bicyclic) bond motifs is 1. The van der Waals surface area contributed by atoms with Gasteiger partial charge in [-0.2, -0.15) is 0 Å². The van der Waals surface area contributed by atoms with Crippen molar-refractivity contribution in [3.8, 4) is 0 Å². The number of nitrogens with zero attached hydrogens (tertiary/aromatic N) is 3. The van der Waals surface area contributed by atoms with E-state index in [-0.39, 0.29) is 18.2 Å². The van der Waals surface area contributed by atoms with Crippen LogP contribution in [0.4, 0.5) is 8.78 Å². The van der Waals surface area contributed by atoms with Crippen LogP contribution in [0.15, 0.2) is 47.5 Å². The number of nitrogens with one attached hydrogen (secondary N) is 1. The van der Waals surface area contributed by atoms with E-state index in [1.54, 1.807) is 4.40 Å². The number of pyridine rings is 1. The topological polar surface area (TPSA) is 59.3 Å². The zero-order chi connectivity index (χ0) is 16.2. The minimum absolute atomic E-state index is 0.0990. The molecule has 2 heterocycles. The molecule has 0 aliphatic heterocycles. The third kappa shape index (κ3) is 3.65. The Morgan fingerprint density at radius 1 is 1.17 bits per heavy atom. The van der Waals surface area contributed by atoms with Crippen LogP contribution in [-0.4, -0.2) is 26.3 Å². The molecule has 0 radical (unpaired) electrons. The molecule has 0 atom stereocenters. The molecule has 3 aromatic rings. The summed E-state index contributed by atoms with van der Waals surface area (Å²) in [5.41, 5.74) is 0.702. The summed E-state index contributed by atoms with van der Waals surface area (Å²) < 4.78 is 27.7. The standard InChI is InChI=1S/C15H12F2N4OS/c16-11-5-4-10(7-12(11)17)23-9-15(22)18-8-14-20-19-13-3-1-2-6-21(13)14/h1-7H,8-9H2,(H,18,22). The van der Waals surface area contributed by atoms with Crippen molar-refractivity contribution in [1.82, 2.24) is 19.9 Å². The number of benzene rings is 1. The maximum absolute atomic E-state index is 13.1. The van der Waals surface area contributed by atoms with E-state index >= 15 is 0 Å². The molecule has 118 valence electrons. The molecule has 0 unspecified atom stereocenters. The van der Waals surface area contributed by atoms with Crippen LogP contribution in [0.3, 0.4) is 0 Å². The van der Waals surface area contributed by atoms with Gasteiger partial charge in [0.25, 0.3) is 0 Å². The summed E-state index contributed by atoms with van der Waals surface area (Å²) in [7, 11) is 0. The molecule has 2 aromatic heterocycles. The molecule has 0 fully saturated rings. The Labute approximate surface area is 134 Å². The van der Waals surface area contributed by atoms with Gasteiger partial charge in [0.15, 0.2) is 23.1 Å². The third-order valence-electron chi connectivity index (χ3n) is 3.09. The van der Waals surface area contributed by atoms with Crippen LogP contribution in [0.1, 0.15) is 5.82 Å². The molecule has 0 aliphatic rings. The van der Waals surface area contributed by atoms with Crippen LogP contribution in [0.25, 0.3) is 5.65 Å². The van der Waals surface area contributed by atoms with Gasteiger partial charge in [-0.1, -0.05) is 6.07 Å². The third-order valence-corrected chi connectivity index (χ3v) is 4.08. The molecular formula is C15H12F2N4OS. The summed E-state index contributed by atoms with van der Waals surface area (Å²) in [6.45, 7) is 0.238. The minimum atomic E-state index is -0.926. The monoisotopic (exact) mass is 334 g/mol. The smallest absolute Gasteiger partial charge is 0.230 e. The molecule has 0 bridgehead atoms. The summed E-state index contributed by atoms with van der Waals surface area (Å²) in [4.78, 5) is 12.3. The number of hydrogen-bond donors (Lipinski definition) is 1. The fourth-order valence-corrected chi connectivity index (χ4v) is 2.71. The maximum atomic E-state index is 13.1. The molecule has 5 nitrogen and oxygen atoms in total. The molecule has 0 saturated heterocycles. The Kier molecular flexibility index (Phi) is 4.52. The Hall–Kier alpha value is -2.48. The van der Waals surface area contributed by atoms with Crippen LogP contribution < -0.4 is 5.32 Å². The van der Waals surface area contributed by atoms with E-state index in [9.17, 15) is 13.6 Å². The highest BCUT2D eigenvalue weighted by molar-refractivity contribution is 8.00. The predicted octanol–water partition coefficient (Wildman–Crippen LogP) is 2.42. The maximum Gasteiger partial charge on any atom is 0.230 e. The number of carbonyl (C=O) groups is 1. The molecule has 3 rings (SSSR count). The van der Waals surface area contributed by atoms with Crippen molar-refractivity contribution in [3.05, 3.63) is 60.1 Å². The second-order valence-corrected chi connectivity index (χ2v) is 5.74. The van der Waals surface area contributed by atoms with Crippen molar-refractivity contribution in [2.24, 2.45) is 0 Å². The molecule has 1 N–H and O–H groups in total. The van der Waals surface area contributed by atoms with E-state index in [0.717, 1.165) is 23.9 Å². The number of halogens is 2. The average molecular weight is 334 g/mol. The zero-order valence-corrected chi connectivity index (χ0v) is 12.7. The van der Waals surface area contributed by atoms with Crippen molar-refractivity contribution < 1.29 is 13.6 Å². The Morgan fingerprint density at radius 2 is 2.04 bits per heavy atom. The molecule has 0 saturated carbocycles. The summed E-state index contributed by atoms with van der Waals surface area (Å²) in [6.07, 6.45) is 1.81. The summed E-state index contributed by atoms with van der Waals surface area (Å²) in [6, 6.07) is 9.06. The van der Waals surface area contributed by atoms with Crippen molar-refractivity contribution in [2.75, 3.05) is 5.75 Å². The van der Waals surface area contributed by atoms with Crippen molar-refractivity contribution in [3.63, 3.8) is 0 Å². The van der Waals surface area contributed by atoms with E-state index in [2.05, 4.69) is 15.5 Å². The molecule has 1 amide bonds. The number of aromatic nitrogens is 3. The quantitative estimate of drug-likeness (QED) is 0.728. The number of carbonyl (C=O) groups excluding carboxylic acids is 1. The Morgan fingerprint density at radius 3 is 2.87 bits per heavy atom. The number of hydrogen-bond acceptors (Lipinski definition) is 4. The van der Waals surface area contributed by atoms with Crippen LogP contribution in [0, 0.1) is 11.6 Å². The highest BCUT2D eigenvalue weighted by atomic mass is 32.2. The number of thioether (sulfide) groups is 1. The fourth-order valence-electron chi connectivity index (χ4n) is 1.96. The lowest BCUT2D eigenvalue weighted by Gasteiger charge is -2.05. The van der Waals surface area contributed by atoms with Gasteiger partial charge < -0.3 is 5.32 Å². The number of rotatable bonds is 5. The molecule has 0 aliphatic carbocycles. The van der Waals surface area contributed by atoms with Gasteiger partial charge in [0.2, 0.25) is 5.91 Å². The van der Waals surface area contributed by atoms with Gasteiger partial charge >= 0.3 is 0 Å². The largest absolute Gasteiger partial charge is 0.348 e. The Bertz CT molecular complexity index is 852. The first kappa shape index (κ1) is 15.4. The molecule has 8 heteroatoms. The van der Waals surface area contributed by atoms with Gasteiger partial charge in [0.05, 0.1) is 12.3 Å². The van der Waals surface area contributed by atoms with Crippen LogP contribution in [0.5, 0.6) is 0 Å². The SMILES string of the molecule is O=C(CSc1ccc(F)c(F)c1)NCc1nnc2ccccn12. The van der Waals surface area contributed by atoms with E-state index in [1.165, 1.54) is 6.07 Å².